The lowest BCUT2D eigenvalue weighted by atomic mass is 9.90. The molecule has 0 fully saturated rings. The van der Waals surface area contributed by atoms with Crippen LogP contribution in [0.3, 0.4) is 0 Å². The van der Waals surface area contributed by atoms with Crippen molar-refractivity contribution in [1.82, 2.24) is 0 Å². The Kier molecular flexibility index (Phi) is 20.9. The minimum Gasteiger partial charge on any atom is -0.461 e. The fourth-order valence-electron chi connectivity index (χ4n) is 9.22. The van der Waals surface area contributed by atoms with E-state index in [-0.39, 0.29) is 22.3 Å². The van der Waals surface area contributed by atoms with E-state index < -0.39 is 55.7 Å². The average Bonchev–Trinajstić information content (AvgIpc) is 3.75. The Hall–Kier alpha value is -12.0. The minimum absolute atomic E-state index is 0.156. The Morgan fingerprint density at radius 2 is 0.400 bits per heavy atom. The largest absolute Gasteiger partial charge is 0.461 e. The van der Waals surface area contributed by atoms with Gasteiger partial charge in [0.15, 0.2) is 0 Å². The van der Waals surface area contributed by atoms with Crippen LogP contribution in [0.5, 0.6) is 0 Å². The van der Waals surface area contributed by atoms with Crippen molar-refractivity contribution < 1.29 is 38.1 Å². The zero-order valence-corrected chi connectivity index (χ0v) is 46.0. The smallest absolute Gasteiger partial charge is 0.347 e. The second-order valence-electron chi connectivity index (χ2n) is 18.8. The van der Waals surface area contributed by atoms with Crippen molar-refractivity contribution in [1.29, 1.82) is 0 Å². The van der Waals surface area contributed by atoms with Gasteiger partial charge < -0.3 is 41.9 Å². The summed E-state index contributed by atoms with van der Waals surface area (Å²) < 4.78 is 25.3. The van der Waals surface area contributed by atoms with Gasteiger partial charge in [-0.25, -0.2) is 19.2 Å². The Labute approximate surface area is 494 Å². The van der Waals surface area contributed by atoms with Crippen LogP contribution in [0, 0.1) is 53.3 Å². The summed E-state index contributed by atoms with van der Waals surface area (Å²) in [5.41, 5.74) is 27.3. The molecule has 0 amide bonds. The zero-order chi connectivity index (χ0) is 59.6. The minimum atomic E-state index is -2.01. The molecule has 0 bridgehead atoms. The first-order chi connectivity index (χ1) is 41.7. The summed E-state index contributed by atoms with van der Waals surface area (Å²) in [4.78, 5) is 60.4. The third kappa shape index (κ3) is 15.3. The normalized spacial score (nSPS) is 10.1. The van der Waals surface area contributed by atoms with Gasteiger partial charge >= 0.3 is 23.9 Å². The summed E-state index contributed by atoms with van der Waals surface area (Å²) in [7, 11) is 0. The summed E-state index contributed by atoms with van der Waals surface area (Å²) in [6, 6.07) is 81.7. The van der Waals surface area contributed by atoms with Crippen molar-refractivity contribution in [2.45, 2.75) is 0 Å². The maximum Gasteiger partial charge on any atom is 0.347 e. The molecule has 12 heteroatoms. The Balaban J connectivity index is 1.32. The zero-order valence-electron chi connectivity index (χ0n) is 46.0. The Morgan fingerprint density at radius 3 is 0.529 bits per heavy atom. The first-order valence-electron chi connectivity index (χ1n) is 26.6. The van der Waals surface area contributed by atoms with Crippen molar-refractivity contribution in [3.8, 4) is 47.9 Å². The molecule has 85 heavy (non-hydrogen) atoms. The number of nitrogens with two attached hydrogens (primary N) is 4. The number of carbonyl (C=O) groups is 4. The van der Waals surface area contributed by atoms with Crippen LogP contribution in [0.25, 0.3) is 22.3 Å². The highest BCUT2D eigenvalue weighted by atomic mass is 16.6. The number of hydrogen-bond donors (Lipinski definition) is 4. The highest BCUT2D eigenvalue weighted by molar-refractivity contribution is 6.08. The number of benzene rings is 8. The van der Waals surface area contributed by atoms with Gasteiger partial charge in [0.05, 0.1) is 0 Å². The molecule has 0 spiro atoms. The van der Waals surface area contributed by atoms with E-state index in [2.05, 4.69) is 47.9 Å². The average molecular weight is 1120 g/mol. The van der Waals surface area contributed by atoms with Crippen molar-refractivity contribution in [3.05, 3.63) is 309 Å². The van der Waals surface area contributed by atoms with Gasteiger partial charge in [-0.2, -0.15) is 0 Å². The Bertz CT molecular complexity index is 3340. The summed E-state index contributed by atoms with van der Waals surface area (Å²) in [6.07, 6.45) is 0. The van der Waals surface area contributed by atoms with Crippen LogP contribution in [0.2, 0.25) is 0 Å². The molecule has 8 N–H and O–H groups in total. The van der Waals surface area contributed by atoms with Crippen LogP contribution in [-0.4, -0.2) is 50.3 Å². The highest BCUT2D eigenvalue weighted by Gasteiger charge is 2.40. The quantitative estimate of drug-likeness (QED) is 0.0185. The van der Waals surface area contributed by atoms with Gasteiger partial charge in [-0.05, 0) is 68.2 Å². The van der Waals surface area contributed by atoms with Gasteiger partial charge in [0, 0.05) is 46.5 Å². The summed E-state index contributed by atoms with van der Waals surface area (Å²) in [6.45, 7) is -3.13. The molecule has 8 rings (SSSR count). The fraction of sp³-hybridized carbons (Fsp3) is 0.0685. The molecule has 0 aromatic heterocycles. The lowest BCUT2D eigenvalue weighted by Gasteiger charge is -2.32. The Morgan fingerprint density at radius 1 is 0.259 bits per heavy atom. The van der Waals surface area contributed by atoms with Crippen molar-refractivity contribution in [3.63, 3.8) is 0 Å². The molecule has 0 aliphatic rings. The standard InChI is InChI=1S/C73H56N4O8/c74-45-41-61(65(53-25-9-1-10-26-53)54-27-11-2-12-28-54)69(78)82-49-73(50-83-70(79)62(42-46-75)66(55-29-13-3-14-30-55)56-31-15-4-16-32-56,51-84-71(80)63(43-47-76)67(57-33-17-5-18-34-57)58-35-19-6-20-36-58)52-85-72(81)64(44-48-77)68(59-37-21-7-22-38-59)60-39-23-8-24-40-60/h1-40H,49-52,74-77H2. The van der Waals surface area contributed by atoms with E-state index in [0.29, 0.717) is 66.8 Å². The topological polar surface area (TPSA) is 209 Å². The molecule has 0 aliphatic carbocycles. The molecule has 8 aromatic carbocycles. The van der Waals surface area contributed by atoms with Gasteiger partial charge in [-0.3, -0.25) is 0 Å². The maximum atomic E-state index is 15.1. The second kappa shape index (κ2) is 30.0. The molecule has 0 atom stereocenters. The molecule has 8 aromatic rings. The van der Waals surface area contributed by atoms with Gasteiger partial charge in [-0.15, -0.1) is 0 Å². The number of esters is 4. The number of carbonyl (C=O) groups excluding carboxylic acids is 4. The molecule has 416 valence electrons. The van der Waals surface area contributed by atoms with Gasteiger partial charge in [0.2, 0.25) is 0 Å². The van der Waals surface area contributed by atoms with Crippen LogP contribution in [0.15, 0.2) is 265 Å². The van der Waals surface area contributed by atoms with Crippen molar-refractivity contribution in [2.75, 3.05) is 26.4 Å². The van der Waals surface area contributed by atoms with Crippen LogP contribution in [0.1, 0.15) is 44.5 Å². The molecule has 0 radical (unpaired) electrons. The lowest BCUT2D eigenvalue weighted by Crippen LogP contribution is -2.44. The molecule has 0 saturated carbocycles. The molecule has 0 unspecified atom stereocenters. The van der Waals surface area contributed by atoms with Crippen LogP contribution < -0.4 is 22.9 Å². The van der Waals surface area contributed by atoms with E-state index in [4.69, 9.17) is 41.9 Å². The molecule has 0 saturated heterocycles. The fourth-order valence-corrected chi connectivity index (χ4v) is 9.22. The van der Waals surface area contributed by atoms with Gasteiger partial charge in [-0.1, -0.05) is 243 Å². The monoisotopic (exact) mass is 1120 g/mol. The second-order valence-corrected chi connectivity index (χ2v) is 18.8. The van der Waals surface area contributed by atoms with E-state index in [1.54, 1.807) is 194 Å². The molecule has 0 heterocycles. The first kappa shape index (κ1) is 59.2. The summed E-state index contributed by atoms with van der Waals surface area (Å²) in [5, 5.41) is 0. The highest BCUT2D eigenvalue weighted by Crippen LogP contribution is 2.34. The predicted octanol–water partition coefficient (Wildman–Crippen LogP) is 9.83. The van der Waals surface area contributed by atoms with E-state index in [1.165, 1.54) is 0 Å². The molecular formula is C73H56N4O8. The number of ether oxygens (including phenoxy) is 4. The summed E-state index contributed by atoms with van der Waals surface area (Å²) in [5.74, 6) is 7.08. The van der Waals surface area contributed by atoms with E-state index in [9.17, 15) is 0 Å². The number of hydrogen-bond acceptors (Lipinski definition) is 12. The van der Waals surface area contributed by atoms with E-state index >= 15 is 19.2 Å². The SMILES string of the molecule is NC#CC(C(=O)OCC(COC(=O)C(C#CN)=C(c1ccccc1)c1ccccc1)(COC(=O)C(C#CN)=C(c1ccccc1)c1ccccc1)COC(=O)C(C#CN)=C(c1ccccc1)c1ccccc1)=C(c1ccccc1)c1ccccc1. The number of rotatable bonds is 20. The van der Waals surface area contributed by atoms with Crippen LogP contribution >= 0.6 is 0 Å². The lowest BCUT2D eigenvalue weighted by molar-refractivity contribution is -0.165. The van der Waals surface area contributed by atoms with Crippen molar-refractivity contribution >= 4 is 46.2 Å². The molecular weight excluding hydrogens is 1060 g/mol. The van der Waals surface area contributed by atoms with Gasteiger partial charge in [0.25, 0.3) is 0 Å². The molecule has 0 aliphatic heterocycles. The summed E-state index contributed by atoms with van der Waals surface area (Å²) >= 11 is 0. The third-order valence-electron chi connectivity index (χ3n) is 13.1. The van der Waals surface area contributed by atoms with Crippen LogP contribution in [-0.2, 0) is 38.1 Å². The van der Waals surface area contributed by atoms with E-state index in [0.717, 1.165) is 0 Å². The predicted molar refractivity (Wildman–Crippen MR) is 330 cm³/mol. The van der Waals surface area contributed by atoms with Crippen LogP contribution in [0.4, 0.5) is 0 Å². The third-order valence-corrected chi connectivity index (χ3v) is 13.1. The van der Waals surface area contributed by atoms with Gasteiger partial charge in [0.1, 0.15) is 54.1 Å². The first-order valence-corrected chi connectivity index (χ1v) is 26.6. The van der Waals surface area contributed by atoms with Crippen molar-refractivity contribution in [2.24, 2.45) is 28.3 Å². The van der Waals surface area contributed by atoms with E-state index in [1.807, 2.05) is 48.5 Å². The maximum absolute atomic E-state index is 15.1. The molecule has 12 nitrogen and oxygen atoms in total.